The van der Waals surface area contributed by atoms with Crippen molar-refractivity contribution in [3.8, 4) is 5.75 Å². The van der Waals surface area contributed by atoms with Gasteiger partial charge >= 0.3 is 0 Å². The van der Waals surface area contributed by atoms with Crippen LogP contribution in [0.2, 0.25) is 0 Å². The van der Waals surface area contributed by atoms with Gasteiger partial charge in [0.2, 0.25) is 0 Å². The number of amides is 1. The first-order valence-electron chi connectivity index (χ1n) is 10.5. The lowest BCUT2D eigenvalue weighted by atomic mass is 9.87. The predicted octanol–water partition coefficient (Wildman–Crippen LogP) is 3.97. The number of ketones is 1. The summed E-state index contributed by atoms with van der Waals surface area (Å²) in [6.07, 6.45) is 0.893. The van der Waals surface area contributed by atoms with Gasteiger partial charge in [0.05, 0.1) is 24.8 Å². The number of hydrogen-bond acceptors (Lipinski definition) is 5. The highest BCUT2D eigenvalue weighted by atomic mass is 16.5. The van der Waals surface area contributed by atoms with Crippen LogP contribution in [0.5, 0.6) is 5.75 Å². The maximum atomic E-state index is 13.0. The Bertz CT molecular complexity index is 936. The van der Waals surface area contributed by atoms with Crippen LogP contribution >= 0.6 is 0 Å². The van der Waals surface area contributed by atoms with E-state index in [1.165, 1.54) is 4.90 Å². The molecule has 0 spiro atoms. The van der Waals surface area contributed by atoms with Gasteiger partial charge in [0, 0.05) is 25.1 Å². The Balaban J connectivity index is 2.03. The summed E-state index contributed by atoms with van der Waals surface area (Å²) in [5, 5.41) is 11.1. The second kappa shape index (κ2) is 10.3. The van der Waals surface area contributed by atoms with Crippen LogP contribution in [0.15, 0.2) is 60.2 Å². The molecule has 2 unspecified atom stereocenters. The fourth-order valence-corrected chi connectivity index (χ4v) is 3.88. The third kappa shape index (κ3) is 4.80. The molecule has 2 aromatic rings. The van der Waals surface area contributed by atoms with Crippen LogP contribution in [-0.4, -0.2) is 54.6 Å². The van der Waals surface area contributed by atoms with E-state index in [1.807, 2.05) is 44.2 Å². The molecule has 0 saturated carbocycles. The molecule has 0 radical (unpaired) electrons. The summed E-state index contributed by atoms with van der Waals surface area (Å²) in [6.45, 7) is 5.15. The Kier molecular flexibility index (Phi) is 7.47. The lowest BCUT2D eigenvalue weighted by Gasteiger charge is -2.30. The zero-order chi connectivity index (χ0) is 22.4. The van der Waals surface area contributed by atoms with Crippen LogP contribution in [0.4, 0.5) is 0 Å². The van der Waals surface area contributed by atoms with Crippen molar-refractivity contribution in [2.24, 2.45) is 0 Å². The average Bonchev–Trinajstić information content (AvgIpc) is 3.06. The maximum absolute atomic E-state index is 13.0. The monoisotopic (exact) mass is 423 g/mol. The minimum absolute atomic E-state index is 0.125. The normalized spacial score (nSPS) is 18.9. The molecule has 0 bridgehead atoms. The fraction of sp³-hybridized carbons (Fsp3) is 0.360. The van der Waals surface area contributed by atoms with Crippen LogP contribution in [0, 0.1) is 0 Å². The molecule has 3 rings (SSSR count). The summed E-state index contributed by atoms with van der Waals surface area (Å²) in [4.78, 5) is 27.3. The first-order valence-corrected chi connectivity index (χ1v) is 10.5. The molecule has 2 aromatic carbocycles. The molecular weight excluding hydrogens is 394 g/mol. The number of ether oxygens (including phenoxy) is 2. The largest absolute Gasteiger partial charge is 0.507 e. The van der Waals surface area contributed by atoms with E-state index in [0.717, 1.165) is 12.0 Å². The van der Waals surface area contributed by atoms with E-state index in [9.17, 15) is 14.7 Å². The molecule has 1 saturated heterocycles. The SMILES string of the molecule is CCCOc1ccc(/C(O)=C2\C(=O)C(=O)N(CCOC)C2C(C)c2ccccc2)cc1. The summed E-state index contributed by atoms with van der Waals surface area (Å²) in [6, 6.07) is 16.0. The third-order valence-electron chi connectivity index (χ3n) is 5.52. The van der Waals surface area contributed by atoms with Crippen LogP contribution in [0.25, 0.3) is 5.76 Å². The Morgan fingerprint density at radius 3 is 2.35 bits per heavy atom. The molecule has 164 valence electrons. The molecule has 0 aliphatic carbocycles. The van der Waals surface area contributed by atoms with Crippen molar-refractivity contribution >= 4 is 17.4 Å². The highest BCUT2D eigenvalue weighted by Crippen LogP contribution is 2.37. The molecule has 1 heterocycles. The number of rotatable bonds is 9. The van der Waals surface area contributed by atoms with Crippen molar-refractivity contribution in [2.75, 3.05) is 26.9 Å². The predicted molar refractivity (Wildman–Crippen MR) is 119 cm³/mol. The maximum Gasteiger partial charge on any atom is 0.295 e. The number of likely N-dealkylation sites (tertiary alicyclic amines) is 1. The van der Waals surface area contributed by atoms with Crippen LogP contribution in [-0.2, 0) is 14.3 Å². The number of Topliss-reactive ketones (excluding diaryl/α,β-unsaturated/α-hetero) is 1. The van der Waals surface area contributed by atoms with Gasteiger partial charge in [-0.25, -0.2) is 0 Å². The van der Waals surface area contributed by atoms with Crippen molar-refractivity contribution in [3.63, 3.8) is 0 Å². The summed E-state index contributed by atoms with van der Waals surface area (Å²) in [5.41, 5.74) is 1.57. The average molecular weight is 424 g/mol. The van der Waals surface area contributed by atoms with E-state index in [0.29, 0.717) is 24.5 Å². The van der Waals surface area contributed by atoms with Crippen molar-refractivity contribution in [1.82, 2.24) is 4.90 Å². The molecule has 1 aliphatic heterocycles. The zero-order valence-electron chi connectivity index (χ0n) is 18.2. The number of benzene rings is 2. The lowest BCUT2D eigenvalue weighted by molar-refractivity contribution is -0.140. The Morgan fingerprint density at radius 1 is 1.06 bits per heavy atom. The summed E-state index contributed by atoms with van der Waals surface area (Å²) in [5.74, 6) is -0.971. The number of aliphatic hydroxyl groups is 1. The molecule has 31 heavy (non-hydrogen) atoms. The number of aliphatic hydroxyl groups excluding tert-OH is 1. The Morgan fingerprint density at radius 2 is 1.74 bits per heavy atom. The van der Waals surface area contributed by atoms with Gasteiger partial charge in [-0.3, -0.25) is 9.59 Å². The summed E-state index contributed by atoms with van der Waals surface area (Å²) >= 11 is 0. The van der Waals surface area contributed by atoms with E-state index in [2.05, 4.69) is 0 Å². The highest BCUT2D eigenvalue weighted by molar-refractivity contribution is 6.46. The van der Waals surface area contributed by atoms with E-state index in [1.54, 1.807) is 31.4 Å². The molecule has 2 atom stereocenters. The van der Waals surface area contributed by atoms with Crippen molar-refractivity contribution < 1.29 is 24.2 Å². The highest BCUT2D eigenvalue weighted by Gasteiger charge is 2.47. The molecule has 1 N–H and O–H groups in total. The standard InChI is InChI=1S/C25H29NO5/c1-4-15-31-20-12-10-19(11-13-20)23(27)21-22(17(2)18-8-6-5-7-9-18)26(14-16-30-3)25(29)24(21)28/h5-13,17,22,27H,4,14-16H2,1-3H3/b23-21+. The number of carbonyl (C=O) groups is 2. The van der Waals surface area contributed by atoms with Gasteiger partial charge in [-0.15, -0.1) is 0 Å². The Hall–Kier alpha value is -3.12. The topological polar surface area (TPSA) is 76.1 Å². The van der Waals surface area contributed by atoms with Crippen LogP contribution < -0.4 is 4.74 Å². The van der Waals surface area contributed by atoms with Crippen LogP contribution in [0.1, 0.15) is 37.3 Å². The Labute approximate surface area is 183 Å². The molecular formula is C25H29NO5. The quantitative estimate of drug-likeness (QED) is 0.375. The van der Waals surface area contributed by atoms with Gasteiger partial charge in [-0.2, -0.15) is 0 Å². The second-order valence-corrected chi connectivity index (χ2v) is 7.60. The number of methoxy groups -OCH3 is 1. The number of carbonyl (C=O) groups excluding carboxylic acids is 2. The smallest absolute Gasteiger partial charge is 0.295 e. The lowest BCUT2D eigenvalue weighted by Crippen LogP contribution is -2.39. The van der Waals surface area contributed by atoms with Gasteiger partial charge in [0.1, 0.15) is 11.5 Å². The number of nitrogens with zero attached hydrogens (tertiary/aromatic N) is 1. The molecule has 1 aliphatic rings. The molecule has 0 aromatic heterocycles. The first kappa shape index (κ1) is 22.6. The van der Waals surface area contributed by atoms with E-state index in [-0.39, 0.29) is 23.8 Å². The first-order chi connectivity index (χ1) is 15.0. The molecule has 1 fully saturated rings. The molecule has 6 nitrogen and oxygen atoms in total. The van der Waals surface area contributed by atoms with E-state index in [4.69, 9.17) is 9.47 Å². The van der Waals surface area contributed by atoms with Gasteiger partial charge < -0.3 is 19.5 Å². The van der Waals surface area contributed by atoms with Crippen LogP contribution in [0.3, 0.4) is 0 Å². The zero-order valence-corrected chi connectivity index (χ0v) is 18.2. The van der Waals surface area contributed by atoms with E-state index < -0.39 is 17.7 Å². The van der Waals surface area contributed by atoms with Gasteiger partial charge in [0.15, 0.2) is 0 Å². The minimum atomic E-state index is -0.673. The van der Waals surface area contributed by atoms with Gasteiger partial charge in [-0.1, -0.05) is 44.2 Å². The van der Waals surface area contributed by atoms with Crippen molar-refractivity contribution in [2.45, 2.75) is 32.2 Å². The fourth-order valence-electron chi connectivity index (χ4n) is 3.88. The third-order valence-corrected chi connectivity index (χ3v) is 5.52. The van der Waals surface area contributed by atoms with Gasteiger partial charge in [0.25, 0.3) is 11.7 Å². The van der Waals surface area contributed by atoms with Crippen molar-refractivity contribution in [3.05, 3.63) is 71.3 Å². The van der Waals surface area contributed by atoms with Crippen molar-refractivity contribution in [1.29, 1.82) is 0 Å². The second-order valence-electron chi connectivity index (χ2n) is 7.60. The summed E-state index contributed by atoms with van der Waals surface area (Å²) in [7, 11) is 1.55. The summed E-state index contributed by atoms with van der Waals surface area (Å²) < 4.78 is 10.7. The number of hydrogen-bond donors (Lipinski definition) is 1. The minimum Gasteiger partial charge on any atom is -0.507 e. The van der Waals surface area contributed by atoms with Gasteiger partial charge in [-0.05, 0) is 36.2 Å². The van der Waals surface area contributed by atoms with E-state index >= 15 is 0 Å². The molecule has 6 heteroatoms. The molecule has 1 amide bonds.